The van der Waals surface area contributed by atoms with Gasteiger partial charge in [0.05, 0.1) is 0 Å². The van der Waals surface area contributed by atoms with E-state index in [-0.39, 0.29) is 17.7 Å². The predicted molar refractivity (Wildman–Crippen MR) is 126 cm³/mol. The number of rotatable bonds is 9. The first-order chi connectivity index (χ1) is 14.9. The Bertz CT molecular complexity index is 880. The van der Waals surface area contributed by atoms with Gasteiger partial charge in [-0.3, -0.25) is 14.9 Å². The second-order valence-electron chi connectivity index (χ2n) is 8.28. The number of carbonyl (C=O) groups is 2. The molecule has 0 aliphatic carbocycles. The number of benzene rings is 1. The molecule has 31 heavy (non-hydrogen) atoms. The molecule has 0 saturated carbocycles. The van der Waals surface area contributed by atoms with Crippen molar-refractivity contribution in [2.24, 2.45) is 5.92 Å². The fraction of sp³-hybridized carbons (Fsp3) is 0.565. The molecule has 2 atom stereocenters. The lowest BCUT2D eigenvalue weighted by atomic mass is 9.97. The zero-order chi connectivity index (χ0) is 22.4. The van der Waals surface area contributed by atoms with E-state index in [0.717, 1.165) is 48.4 Å². The number of likely N-dealkylation sites (tertiary alicyclic amines) is 1. The first-order valence-corrected chi connectivity index (χ1v) is 12.0. The van der Waals surface area contributed by atoms with Gasteiger partial charge in [0.15, 0.2) is 0 Å². The van der Waals surface area contributed by atoms with Crippen LogP contribution in [0.5, 0.6) is 0 Å². The summed E-state index contributed by atoms with van der Waals surface area (Å²) in [6, 6.07) is 7.63. The van der Waals surface area contributed by atoms with Crippen molar-refractivity contribution < 1.29 is 9.59 Å². The number of carbonyl (C=O) groups excluding carboxylic acids is 2. The third-order valence-electron chi connectivity index (χ3n) is 5.87. The van der Waals surface area contributed by atoms with Crippen LogP contribution in [0, 0.1) is 5.92 Å². The first-order valence-electron chi connectivity index (χ1n) is 11.2. The second kappa shape index (κ2) is 10.7. The molecule has 168 valence electrons. The molecule has 2 aromatic rings. The lowest BCUT2D eigenvalue weighted by Crippen LogP contribution is -2.45. The highest BCUT2D eigenvalue weighted by molar-refractivity contribution is 7.18. The molecule has 3 rings (SSSR count). The number of unbranched alkanes of at least 4 members (excludes halogenated alkanes) is 1. The van der Waals surface area contributed by atoms with E-state index < -0.39 is 6.04 Å². The van der Waals surface area contributed by atoms with Gasteiger partial charge in [0.2, 0.25) is 16.9 Å². The third-order valence-corrected chi connectivity index (χ3v) is 6.76. The average molecular weight is 444 g/mol. The van der Waals surface area contributed by atoms with Gasteiger partial charge in [-0.1, -0.05) is 38.0 Å². The summed E-state index contributed by atoms with van der Waals surface area (Å²) in [5, 5.41) is 12.5. The molecular formula is C23H33N5O2S. The summed E-state index contributed by atoms with van der Waals surface area (Å²) in [4.78, 5) is 29.8. The highest BCUT2D eigenvalue weighted by atomic mass is 32.1. The Labute approximate surface area is 188 Å². The molecule has 0 bridgehead atoms. The van der Waals surface area contributed by atoms with Gasteiger partial charge < -0.3 is 9.80 Å². The van der Waals surface area contributed by atoms with Crippen molar-refractivity contribution in [3.8, 4) is 10.6 Å². The average Bonchev–Trinajstić information content (AvgIpc) is 3.44. The number of amides is 2. The molecule has 7 nitrogen and oxygen atoms in total. The lowest BCUT2D eigenvalue weighted by molar-refractivity contribution is -0.140. The Balaban J connectivity index is 1.65. The fourth-order valence-corrected chi connectivity index (χ4v) is 4.72. The van der Waals surface area contributed by atoms with Crippen LogP contribution in [-0.4, -0.2) is 53.6 Å². The standard InChI is InChI=1S/C23H33N5O2S/c1-5-7-9-16(6-2)22(30)28-15-8-10-19(28)20(29)24-23-26-25-21(31-23)17-11-13-18(14-12-17)27(3)4/h11-14,16,19H,5-10,15H2,1-4H3,(H,24,26,29). The van der Waals surface area contributed by atoms with Gasteiger partial charge >= 0.3 is 0 Å². The van der Waals surface area contributed by atoms with E-state index in [1.54, 1.807) is 4.90 Å². The molecule has 1 aromatic carbocycles. The molecule has 1 aliphatic heterocycles. The van der Waals surface area contributed by atoms with Crippen LogP contribution in [0.3, 0.4) is 0 Å². The lowest BCUT2D eigenvalue weighted by Gasteiger charge is -2.27. The van der Waals surface area contributed by atoms with E-state index in [1.165, 1.54) is 11.3 Å². The zero-order valence-electron chi connectivity index (χ0n) is 18.9. The number of hydrogen-bond acceptors (Lipinski definition) is 6. The molecule has 1 saturated heterocycles. The topological polar surface area (TPSA) is 78.4 Å². The van der Waals surface area contributed by atoms with Gasteiger partial charge in [0.1, 0.15) is 11.0 Å². The van der Waals surface area contributed by atoms with Gasteiger partial charge in [-0.15, -0.1) is 10.2 Å². The van der Waals surface area contributed by atoms with Crippen LogP contribution >= 0.6 is 11.3 Å². The maximum atomic E-state index is 13.0. The summed E-state index contributed by atoms with van der Waals surface area (Å²) in [5.74, 6) is -0.0407. The van der Waals surface area contributed by atoms with E-state index in [4.69, 9.17) is 0 Å². The summed E-state index contributed by atoms with van der Waals surface area (Å²) in [6.45, 7) is 4.84. The number of hydrogen-bond donors (Lipinski definition) is 1. The van der Waals surface area contributed by atoms with Crippen molar-refractivity contribution in [3.05, 3.63) is 24.3 Å². The first kappa shape index (κ1) is 23.2. The Morgan fingerprint density at radius 3 is 2.61 bits per heavy atom. The maximum absolute atomic E-state index is 13.0. The Morgan fingerprint density at radius 2 is 1.97 bits per heavy atom. The summed E-state index contributed by atoms with van der Waals surface area (Å²) >= 11 is 1.35. The smallest absolute Gasteiger partial charge is 0.249 e. The molecule has 1 aliphatic rings. The van der Waals surface area contributed by atoms with Crippen LogP contribution in [0.15, 0.2) is 24.3 Å². The molecule has 1 aromatic heterocycles. The Hall–Kier alpha value is -2.48. The van der Waals surface area contributed by atoms with Crippen LogP contribution in [0.1, 0.15) is 52.4 Å². The molecular weight excluding hydrogens is 410 g/mol. The molecule has 1 N–H and O–H groups in total. The Kier molecular flexibility index (Phi) is 8.01. The van der Waals surface area contributed by atoms with Crippen molar-refractivity contribution in [2.75, 3.05) is 30.9 Å². The maximum Gasteiger partial charge on any atom is 0.249 e. The van der Waals surface area contributed by atoms with Gasteiger partial charge in [-0.25, -0.2) is 0 Å². The van der Waals surface area contributed by atoms with Crippen molar-refractivity contribution >= 4 is 34.0 Å². The number of anilines is 2. The van der Waals surface area contributed by atoms with Crippen LogP contribution < -0.4 is 10.2 Å². The second-order valence-corrected chi connectivity index (χ2v) is 9.26. The van der Waals surface area contributed by atoms with Crippen LogP contribution in [-0.2, 0) is 9.59 Å². The van der Waals surface area contributed by atoms with E-state index >= 15 is 0 Å². The molecule has 0 spiro atoms. The highest BCUT2D eigenvalue weighted by Crippen LogP contribution is 2.29. The normalized spacial score (nSPS) is 16.9. The van der Waals surface area contributed by atoms with Crippen LogP contribution in [0.25, 0.3) is 10.6 Å². The van der Waals surface area contributed by atoms with E-state index in [1.807, 2.05) is 43.3 Å². The van der Waals surface area contributed by atoms with Crippen LogP contribution in [0.2, 0.25) is 0 Å². The number of nitrogens with one attached hydrogen (secondary N) is 1. The molecule has 8 heteroatoms. The van der Waals surface area contributed by atoms with Crippen molar-refractivity contribution in [2.45, 2.75) is 58.4 Å². The van der Waals surface area contributed by atoms with Crippen molar-refractivity contribution in [1.29, 1.82) is 0 Å². The molecule has 2 unspecified atom stereocenters. The highest BCUT2D eigenvalue weighted by Gasteiger charge is 2.36. The molecule has 0 radical (unpaired) electrons. The van der Waals surface area contributed by atoms with E-state index in [2.05, 4.69) is 29.4 Å². The number of aromatic nitrogens is 2. The van der Waals surface area contributed by atoms with E-state index in [0.29, 0.717) is 18.1 Å². The minimum Gasteiger partial charge on any atom is -0.378 e. The number of nitrogens with zero attached hydrogens (tertiary/aromatic N) is 4. The summed E-state index contributed by atoms with van der Waals surface area (Å²) < 4.78 is 0. The third kappa shape index (κ3) is 5.61. The summed E-state index contributed by atoms with van der Waals surface area (Å²) in [7, 11) is 3.99. The minimum atomic E-state index is -0.421. The quantitative estimate of drug-likeness (QED) is 0.621. The van der Waals surface area contributed by atoms with Gasteiger partial charge in [0, 0.05) is 37.8 Å². The monoisotopic (exact) mass is 443 g/mol. The fourth-order valence-electron chi connectivity index (χ4n) is 3.97. The largest absolute Gasteiger partial charge is 0.378 e. The molecule has 1 fully saturated rings. The van der Waals surface area contributed by atoms with Crippen molar-refractivity contribution in [3.63, 3.8) is 0 Å². The SMILES string of the molecule is CCCCC(CC)C(=O)N1CCCC1C(=O)Nc1nnc(-c2ccc(N(C)C)cc2)s1. The van der Waals surface area contributed by atoms with Gasteiger partial charge in [-0.2, -0.15) is 0 Å². The molecule has 2 amide bonds. The predicted octanol–water partition coefficient (Wildman–Crippen LogP) is 4.42. The summed E-state index contributed by atoms with van der Waals surface area (Å²) in [6.07, 6.45) is 5.37. The zero-order valence-corrected chi connectivity index (χ0v) is 19.7. The Morgan fingerprint density at radius 1 is 1.23 bits per heavy atom. The molecule has 2 heterocycles. The van der Waals surface area contributed by atoms with Gasteiger partial charge in [-0.05, 0) is 49.9 Å². The minimum absolute atomic E-state index is 0.00613. The van der Waals surface area contributed by atoms with Gasteiger partial charge in [0.25, 0.3) is 0 Å². The van der Waals surface area contributed by atoms with Crippen molar-refractivity contribution in [1.82, 2.24) is 15.1 Å². The summed E-state index contributed by atoms with van der Waals surface area (Å²) in [5.41, 5.74) is 2.07. The van der Waals surface area contributed by atoms with Crippen LogP contribution in [0.4, 0.5) is 10.8 Å². The van der Waals surface area contributed by atoms with E-state index in [9.17, 15) is 9.59 Å².